The fourth-order valence-corrected chi connectivity index (χ4v) is 2.40. The lowest BCUT2D eigenvalue weighted by atomic mass is 10.00. The second-order valence-corrected chi connectivity index (χ2v) is 5.69. The number of carbonyl (C=O) groups excluding carboxylic acids is 2. The van der Waals surface area contributed by atoms with Crippen LogP contribution in [-0.4, -0.2) is 18.5 Å². The van der Waals surface area contributed by atoms with Crippen molar-refractivity contribution in [1.82, 2.24) is 5.32 Å². The predicted octanol–water partition coefficient (Wildman–Crippen LogP) is 3.53. The highest BCUT2D eigenvalue weighted by Crippen LogP contribution is 2.23. The van der Waals surface area contributed by atoms with Gasteiger partial charge < -0.3 is 10.1 Å². The summed E-state index contributed by atoms with van der Waals surface area (Å²) in [6, 6.07) is 13.8. The molecular weight excluding hydrogens is 290 g/mol. The van der Waals surface area contributed by atoms with Crippen LogP contribution in [-0.2, 0) is 14.3 Å². The van der Waals surface area contributed by atoms with Crippen molar-refractivity contribution in [2.24, 2.45) is 0 Å². The summed E-state index contributed by atoms with van der Waals surface area (Å²) in [5.41, 5.74) is 1.87. The van der Waals surface area contributed by atoms with E-state index < -0.39 is 5.97 Å². The number of fused-ring (bicyclic) bond motifs is 1. The summed E-state index contributed by atoms with van der Waals surface area (Å²) in [7, 11) is 0. The summed E-state index contributed by atoms with van der Waals surface area (Å²) in [6.45, 7) is 5.23. The van der Waals surface area contributed by atoms with Gasteiger partial charge in [-0.15, -0.1) is 0 Å². The summed E-state index contributed by atoms with van der Waals surface area (Å²) in [5, 5.41) is 5.09. The average Bonchev–Trinajstić information content (AvgIpc) is 2.51. The topological polar surface area (TPSA) is 55.4 Å². The van der Waals surface area contributed by atoms with Crippen molar-refractivity contribution in [3.8, 4) is 0 Å². The molecule has 0 spiro atoms. The molecular formula is C19H21NO3. The Morgan fingerprint density at radius 1 is 1.13 bits per heavy atom. The molecule has 0 saturated carbocycles. The van der Waals surface area contributed by atoms with Crippen molar-refractivity contribution >= 4 is 22.6 Å². The third-order valence-corrected chi connectivity index (χ3v) is 3.42. The van der Waals surface area contributed by atoms with Crippen LogP contribution in [0.5, 0.6) is 0 Å². The summed E-state index contributed by atoms with van der Waals surface area (Å²) in [4.78, 5) is 23.4. The maximum Gasteiger partial charge on any atom is 0.331 e. The van der Waals surface area contributed by atoms with Gasteiger partial charge in [-0.3, -0.25) is 4.79 Å². The molecule has 1 N–H and O–H groups in total. The van der Waals surface area contributed by atoms with Crippen molar-refractivity contribution in [2.75, 3.05) is 6.61 Å². The van der Waals surface area contributed by atoms with E-state index in [2.05, 4.69) is 5.32 Å². The Hall–Kier alpha value is -2.62. The molecule has 0 aliphatic rings. The molecule has 120 valence electrons. The Balaban J connectivity index is 2.01. The number of allylic oxidation sites excluding steroid dienone is 1. The van der Waals surface area contributed by atoms with Crippen molar-refractivity contribution in [3.05, 3.63) is 59.7 Å². The number of amides is 1. The van der Waals surface area contributed by atoms with Gasteiger partial charge in [0.15, 0.2) is 6.61 Å². The minimum absolute atomic E-state index is 0.171. The number of hydrogen-bond donors (Lipinski definition) is 1. The lowest BCUT2D eigenvalue weighted by Gasteiger charge is -2.16. The molecule has 1 amide bonds. The second kappa shape index (κ2) is 7.58. The fraction of sp³-hybridized carbons (Fsp3) is 0.263. The van der Waals surface area contributed by atoms with Crippen LogP contribution in [0.15, 0.2) is 54.1 Å². The molecule has 0 aliphatic carbocycles. The molecule has 0 aromatic heterocycles. The molecule has 1 atom stereocenters. The van der Waals surface area contributed by atoms with Crippen LogP contribution in [0.25, 0.3) is 10.8 Å². The average molecular weight is 311 g/mol. The molecule has 0 fully saturated rings. The van der Waals surface area contributed by atoms with Crippen LogP contribution in [0.4, 0.5) is 0 Å². The van der Waals surface area contributed by atoms with E-state index >= 15 is 0 Å². The van der Waals surface area contributed by atoms with Crippen LogP contribution >= 0.6 is 0 Å². The van der Waals surface area contributed by atoms with E-state index in [0.29, 0.717) is 0 Å². The molecule has 0 radical (unpaired) electrons. The van der Waals surface area contributed by atoms with Gasteiger partial charge in [0.1, 0.15) is 0 Å². The number of esters is 1. The second-order valence-electron chi connectivity index (χ2n) is 5.69. The van der Waals surface area contributed by atoms with E-state index in [1.807, 2.05) is 49.4 Å². The van der Waals surface area contributed by atoms with E-state index in [1.54, 1.807) is 13.8 Å². The molecule has 0 bridgehead atoms. The van der Waals surface area contributed by atoms with Gasteiger partial charge in [-0.05, 0) is 37.1 Å². The first-order valence-electron chi connectivity index (χ1n) is 7.56. The zero-order valence-corrected chi connectivity index (χ0v) is 13.6. The van der Waals surface area contributed by atoms with Crippen LogP contribution in [0.3, 0.4) is 0 Å². The summed E-state index contributed by atoms with van der Waals surface area (Å²) in [6.07, 6.45) is 1.36. The highest BCUT2D eigenvalue weighted by molar-refractivity contribution is 5.88. The minimum Gasteiger partial charge on any atom is -0.452 e. The minimum atomic E-state index is -0.502. The molecule has 2 aromatic carbocycles. The van der Waals surface area contributed by atoms with Gasteiger partial charge in [0.25, 0.3) is 5.91 Å². The molecule has 0 unspecified atom stereocenters. The van der Waals surface area contributed by atoms with Gasteiger partial charge in [0.2, 0.25) is 0 Å². The Morgan fingerprint density at radius 2 is 1.83 bits per heavy atom. The molecule has 23 heavy (non-hydrogen) atoms. The monoisotopic (exact) mass is 311 g/mol. The van der Waals surface area contributed by atoms with Crippen LogP contribution < -0.4 is 5.32 Å². The summed E-state index contributed by atoms with van der Waals surface area (Å²) in [5.74, 6) is -0.820. The van der Waals surface area contributed by atoms with Gasteiger partial charge in [-0.2, -0.15) is 0 Å². The first kappa shape index (κ1) is 16.7. The quantitative estimate of drug-likeness (QED) is 0.679. The lowest BCUT2D eigenvalue weighted by Crippen LogP contribution is -2.31. The normalized spacial score (nSPS) is 11.6. The van der Waals surface area contributed by atoms with E-state index in [1.165, 1.54) is 6.08 Å². The van der Waals surface area contributed by atoms with Crippen molar-refractivity contribution in [2.45, 2.75) is 26.8 Å². The predicted molar refractivity (Wildman–Crippen MR) is 90.9 cm³/mol. The fourth-order valence-electron chi connectivity index (χ4n) is 2.40. The summed E-state index contributed by atoms with van der Waals surface area (Å²) < 4.78 is 4.91. The summed E-state index contributed by atoms with van der Waals surface area (Å²) >= 11 is 0. The van der Waals surface area contributed by atoms with Crippen LogP contribution in [0.2, 0.25) is 0 Å². The number of rotatable bonds is 5. The van der Waals surface area contributed by atoms with E-state index in [0.717, 1.165) is 21.9 Å². The Labute approximate surface area is 136 Å². The standard InChI is InChI=1S/C19H21NO3/c1-13(2)11-19(22)23-12-18(21)20-14(3)16-10-6-8-15-7-4-5-9-17(15)16/h4-11,14H,12H2,1-3H3,(H,20,21)/t14-/m0/s1. The maximum atomic E-state index is 11.9. The van der Waals surface area contributed by atoms with Gasteiger partial charge in [0, 0.05) is 6.08 Å². The smallest absolute Gasteiger partial charge is 0.331 e. The molecule has 0 saturated heterocycles. The molecule has 0 heterocycles. The van der Waals surface area contributed by atoms with Gasteiger partial charge in [-0.1, -0.05) is 48.0 Å². The van der Waals surface area contributed by atoms with Gasteiger partial charge >= 0.3 is 5.97 Å². The van der Waals surface area contributed by atoms with Crippen LogP contribution in [0.1, 0.15) is 32.4 Å². The highest BCUT2D eigenvalue weighted by Gasteiger charge is 2.13. The molecule has 4 heteroatoms. The first-order valence-corrected chi connectivity index (χ1v) is 7.56. The number of benzene rings is 2. The van der Waals surface area contributed by atoms with Crippen molar-refractivity contribution in [1.29, 1.82) is 0 Å². The number of ether oxygens (including phenoxy) is 1. The Morgan fingerprint density at radius 3 is 2.57 bits per heavy atom. The van der Waals surface area contributed by atoms with Crippen LogP contribution in [0, 0.1) is 0 Å². The Kier molecular flexibility index (Phi) is 5.52. The van der Waals surface area contributed by atoms with Gasteiger partial charge in [-0.25, -0.2) is 4.79 Å². The highest BCUT2D eigenvalue weighted by atomic mass is 16.5. The third kappa shape index (κ3) is 4.68. The Bertz CT molecular complexity index is 740. The van der Waals surface area contributed by atoms with Gasteiger partial charge in [0.05, 0.1) is 6.04 Å². The number of hydrogen-bond acceptors (Lipinski definition) is 3. The maximum absolute atomic E-state index is 11.9. The first-order chi connectivity index (χ1) is 11.0. The number of carbonyl (C=O) groups is 2. The number of nitrogens with one attached hydrogen (secondary N) is 1. The molecule has 4 nitrogen and oxygen atoms in total. The lowest BCUT2D eigenvalue weighted by molar-refractivity contribution is -0.144. The molecule has 2 aromatic rings. The van der Waals surface area contributed by atoms with E-state index in [4.69, 9.17) is 4.74 Å². The van der Waals surface area contributed by atoms with Crippen molar-refractivity contribution in [3.63, 3.8) is 0 Å². The third-order valence-electron chi connectivity index (χ3n) is 3.42. The zero-order valence-electron chi connectivity index (χ0n) is 13.6. The van der Waals surface area contributed by atoms with Crippen molar-refractivity contribution < 1.29 is 14.3 Å². The molecule has 0 aliphatic heterocycles. The molecule has 2 rings (SSSR count). The van der Waals surface area contributed by atoms with E-state index in [9.17, 15) is 9.59 Å². The zero-order chi connectivity index (χ0) is 16.8. The van der Waals surface area contributed by atoms with E-state index in [-0.39, 0.29) is 18.6 Å². The largest absolute Gasteiger partial charge is 0.452 e. The SMILES string of the molecule is CC(C)=CC(=O)OCC(=O)N[C@@H](C)c1cccc2ccccc12.